The number of carboxylic acids is 1. The van der Waals surface area contributed by atoms with Crippen molar-refractivity contribution < 1.29 is 19.4 Å². The Morgan fingerprint density at radius 3 is 2.53 bits per heavy atom. The lowest BCUT2D eigenvalue weighted by molar-refractivity contribution is 0.0696. The van der Waals surface area contributed by atoms with Gasteiger partial charge in [0, 0.05) is 38.1 Å². The van der Waals surface area contributed by atoms with Crippen molar-refractivity contribution in [3.63, 3.8) is 0 Å². The highest BCUT2D eigenvalue weighted by Crippen LogP contribution is 2.29. The first-order valence-corrected chi connectivity index (χ1v) is 10.3. The number of aromatic nitrogens is 2. The van der Waals surface area contributed by atoms with Gasteiger partial charge in [-0.2, -0.15) is 0 Å². The van der Waals surface area contributed by atoms with Gasteiger partial charge in [-0.25, -0.2) is 14.8 Å². The highest BCUT2D eigenvalue weighted by atomic mass is 16.5. The second kappa shape index (κ2) is 10.2. The third kappa shape index (κ3) is 6.06. The van der Waals surface area contributed by atoms with E-state index in [1.54, 1.807) is 7.11 Å². The number of likely N-dealkylation sites (tertiary alicyclic amines) is 1. The molecule has 2 aromatic rings. The van der Waals surface area contributed by atoms with Crippen molar-refractivity contribution in [2.24, 2.45) is 5.92 Å². The van der Waals surface area contributed by atoms with E-state index in [0.717, 1.165) is 44.0 Å². The number of carboxylic acid groups (broad SMARTS) is 1. The summed E-state index contributed by atoms with van der Waals surface area (Å²) in [6, 6.07) is 6.40. The highest BCUT2D eigenvalue weighted by Gasteiger charge is 2.20. The molecule has 2 heterocycles. The lowest BCUT2D eigenvalue weighted by Crippen LogP contribution is -2.39. The third-order valence-corrected chi connectivity index (χ3v) is 5.03. The molecule has 162 valence electrons. The van der Waals surface area contributed by atoms with Gasteiger partial charge >= 0.3 is 5.97 Å². The summed E-state index contributed by atoms with van der Waals surface area (Å²) in [6.45, 7) is 7.68. The van der Waals surface area contributed by atoms with E-state index >= 15 is 0 Å². The Bertz CT molecular complexity index is 834. The van der Waals surface area contributed by atoms with E-state index in [9.17, 15) is 4.79 Å². The van der Waals surface area contributed by atoms with E-state index in [1.807, 2.05) is 6.07 Å². The number of carbonyl (C=O) groups is 1. The van der Waals surface area contributed by atoms with Crippen LogP contribution in [0.25, 0.3) is 0 Å². The van der Waals surface area contributed by atoms with Gasteiger partial charge in [0.25, 0.3) is 0 Å². The summed E-state index contributed by atoms with van der Waals surface area (Å²) < 4.78 is 11.3. The first-order valence-electron chi connectivity index (χ1n) is 10.3. The van der Waals surface area contributed by atoms with Crippen LogP contribution in [-0.2, 0) is 6.54 Å². The third-order valence-electron chi connectivity index (χ3n) is 5.03. The van der Waals surface area contributed by atoms with Crippen molar-refractivity contribution in [2.45, 2.75) is 39.3 Å². The molecule has 1 aromatic carbocycles. The van der Waals surface area contributed by atoms with Crippen LogP contribution in [0.3, 0.4) is 0 Å². The number of methoxy groups -OCH3 is 1. The van der Waals surface area contributed by atoms with Crippen molar-refractivity contribution in [1.29, 1.82) is 0 Å². The summed E-state index contributed by atoms with van der Waals surface area (Å²) >= 11 is 0. The molecule has 0 amide bonds. The van der Waals surface area contributed by atoms with Gasteiger partial charge in [-0.3, -0.25) is 4.90 Å². The molecular weight excluding hydrogens is 384 g/mol. The lowest BCUT2D eigenvalue weighted by Gasteiger charge is -2.32. The van der Waals surface area contributed by atoms with E-state index in [0.29, 0.717) is 18.5 Å². The van der Waals surface area contributed by atoms with Gasteiger partial charge in [0.1, 0.15) is 0 Å². The van der Waals surface area contributed by atoms with E-state index in [1.165, 1.54) is 18.0 Å². The monoisotopic (exact) mass is 414 g/mol. The van der Waals surface area contributed by atoms with E-state index < -0.39 is 5.97 Å². The minimum Gasteiger partial charge on any atom is -0.493 e. The maximum absolute atomic E-state index is 10.9. The number of benzene rings is 1. The Balaban J connectivity index is 1.51. The van der Waals surface area contributed by atoms with Gasteiger partial charge in [-0.1, -0.05) is 19.9 Å². The maximum atomic E-state index is 10.9. The van der Waals surface area contributed by atoms with Crippen molar-refractivity contribution >= 4 is 11.9 Å². The molecule has 1 aromatic heterocycles. The van der Waals surface area contributed by atoms with Crippen LogP contribution < -0.4 is 14.8 Å². The Labute approximate surface area is 177 Å². The van der Waals surface area contributed by atoms with Gasteiger partial charge in [-0.05, 0) is 36.5 Å². The topological polar surface area (TPSA) is 96.8 Å². The molecule has 30 heavy (non-hydrogen) atoms. The molecular formula is C22H30N4O4. The second-order valence-corrected chi connectivity index (χ2v) is 7.99. The number of nitrogens with one attached hydrogen (secondary N) is 1. The summed E-state index contributed by atoms with van der Waals surface area (Å²) in [5.41, 5.74) is 1.29. The van der Waals surface area contributed by atoms with Crippen molar-refractivity contribution in [2.75, 3.05) is 32.1 Å². The van der Waals surface area contributed by atoms with Crippen LogP contribution in [0.5, 0.6) is 11.5 Å². The minimum atomic E-state index is -1.02. The quantitative estimate of drug-likeness (QED) is 0.645. The molecule has 0 spiro atoms. The smallest absolute Gasteiger partial charge is 0.338 e. The number of anilines is 1. The van der Waals surface area contributed by atoms with Crippen molar-refractivity contribution in [3.8, 4) is 11.5 Å². The number of piperidine rings is 1. The fourth-order valence-electron chi connectivity index (χ4n) is 3.38. The number of aromatic carboxylic acids is 1. The first-order chi connectivity index (χ1) is 14.4. The number of ether oxygens (including phenoxy) is 2. The van der Waals surface area contributed by atoms with Crippen LogP contribution in [-0.4, -0.2) is 58.8 Å². The molecule has 0 unspecified atom stereocenters. The molecule has 1 fully saturated rings. The van der Waals surface area contributed by atoms with Crippen molar-refractivity contribution in [3.05, 3.63) is 41.7 Å². The van der Waals surface area contributed by atoms with E-state index in [-0.39, 0.29) is 11.6 Å². The molecule has 1 saturated heterocycles. The summed E-state index contributed by atoms with van der Waals surface area (Å²) in [6.07, 6.45) is 4.60. The lowest BCUT2D eigenvalue weighted by atomic mass is 10.0. The SMILES string of the molecule is COc1ccc(CN2CCC(Nc3ncc(C(=O)O)cn3)CC2)cc1OCC(C)C. The van der Waals surface area contributed by atoms with Crippen LogP contribution in [0.2, 0.25) is 0 Å². The van der Waals surface area contributed by atoms with Gasteiger partial charge in [0.2, 0.25) is 5.95 Å². The summed E-state index contributed by atoms with van der Waals surface area (Å²) in [7, 11) is 1.66. The standard InChI is InChI=1S/C22H30N4O4/c1-15(2)14-30-20-10-16(4-5-19(20)29-3)13-26-8-6-18(7-9-26)25-22-23-11-17(12-24-22)21(27)28/h4-5,10-12,15,18H,6-9,13-14H2,1-3H3,(H,27,28)(H,23,24,25). The Morgan fingerprint density at radius 1 is 1.23 bits per heavy atom. The predicted octanol–water partition coefficient (Wildman–Crippen LogP) is 3.29. The average molecular weight is 415 g/mol. The van der Waals surface area contributed by atoms with Gasteiger partial charge < -0.3 is 19.9 Å². The molecule has 0 atom stereocenters. The molecule has 0 saturated carbocycles. The zero-order valence-corrected chi connectivity index (χ0v) is 17.8. The van der Waals surface area contributed by atoms with Crippen LogP contribution in [0.1, 0.15) is 42.6 Å². The first kappa shape index (κ1) is 21.8. The van der Waals surface area contributed by atoms with Crippen LogP contribution in [0.15, 0.2) is 30.6 Å². The molecule has 8 heteroatoms. The second-order valence-electron chi connectivity index (χ2n) is 7.99. The fraction of sp³-hybridized carbons (Fsp3) is 0.500. The Hall–Kier alpha value is -2.87. The van der Waals surface area contributed by atoms with Gasteiger partial charge in [0.05, 0.1) is 19.3 Å². The van der Waals surface area contributed by atoms with Crippen LogP contribution in [0.4, 0.5) is 5.95 Å². The maximum Gasteiger partial charge on any atom is 0.338 e. The zero-order chi connectivity index (χ0) is 21.5. The molecule has 0 aliphatic carbocycles. The number of hydrogen-bond donors (Lipinski definition) is 2. The van der Waals surface area contributed by atoms with E-state index in [4.69, 9.17) is 14.6 Å². The molecule has 0 radical (unpaired) electrons. The minimum absolute atomic E-state index is 0.0894. The highest BCUT2D eigenvalue weighted by molar-refractivity contribution is 5.86. The summed E-state index contributed by atoms with van der Waals surface area (Å²) in [4.78, 5) is 21.5. The molecule has 0 bridgehead atoms. The molecule has 1 aliphatic rings. The van der Waals surface area contributed by atoms with Crippen LogP contribution in [0, 0.1) is 5.92 Å². The number of rotatable bonds is 9. The largest absolute Gasteiger partial charge is 0.493 e. The molecule has 8 nitrogen and oxygen atoms in total. The number of nitrogens with zero attached hydrogens (tertiary/aromatic N) is 3. The Kier molecular flexibility index (Phi) is 7.46. The zero-order valence-electron chi connectivity index (χ0n) is 17.8. The van der Waals surface area contributed by atoms with Gasteiger partial charge in [-0.15, -0.1) is 0 Å². The summed E-state index contributed by atoms with van der Waals surface area (Å²) in [5, 5.41) is 12.2. The molecule has 2 N–H and O–H groups in total. The average Bonchev–Trinajstić information content (AvgIpc) is 2.74. The fourth-order valence-corrected chi connectivity index (χ4v) is 3.38. The number of hydrogen-bond acceptors (Lipinski definition) is 7. The summed E-state index contributed by atoms with van der Waals surface area (Å²) in [5.74, 6) is 1.46. The molecule has 3 rings (SSSR count). The molecule has 1 aliphatic heterocycles. The van der Waals surface area contributed by atoms with Crippen molar-refractivity contribution in [1.82, 2.24) is 14.9 Å². The predicted molar refractivity (Wildman–Crippen MR) is 114 cm³/mol. The van der Waals surface area contributed by atoms with Crippen LogP contribution >= 0.6 is 0 Å². The van der Waals surface area contributed by atoms with E-state index in [2.05, 4.69) is 46.2 Å². The normalized spacial score (nSPS) is 15.2. The van der Waals surface area contributed by atoms with Gasteiger partial charge in [0.15, 0.2) is 11.5 Å². The Morgan fingerprint density at radius 2 is 1.93 bits per heavy atom.